The summed E-state index contributed by atoms with van der Waals surface area (Å²) in [7, 11) is 0. The van der Waals surface area contributed by atoms with E-state index in [1.807, 2.05) is 66.7 Å². The van der Waals surface area contributed by atoms with Crippen LogP contribution in [-0.4, -0.2) is 15.7 Å². The maximum atomic E-state index is 13.2. The number of hydrogen-bond donors (Lipinski definition) is 1. The van der Waals surface area contributed by atoms with E-state index in [9.17, 15) is 9.18 Å². The zero-order valence-electron chi connectivity index (χ0n) is 16.5. The lowest BCUT2D eigenvalue weighted by Gasteiger charge is -2.09. The van der Waals surface area contributed by atoms with Gasteiger partial charge in [-0.15, -0.1) is 0 Å². The number of rotatable bonds is 6. The molecule has 1 heterocycles. The molecule has 0 fully saturated rings. The third kappa shape index (κ3) is 5.27. The largest absolute Gasteiger partial charge is 0.305 e. The minimum absolute atomic E-state index is 0.264. The first-order valence-corrected chi connectivity index (χ1v) is 10.1. The Labute approximate surface area is 184 Å². The van der Waals surface area contributed by atoms with Crippen molar-refractivity contribution in [3.63, 3.8) is 0 Å². The van der Waals surface area contributed by atoms with Gasteiger partial charge in [0.05, 0.1) is 6.54 Å². The van der Waals surface area contributed by atoms with Gasteiger partial charge in [-0.25, -0.2) is 4.39 Å². The molecule has 1 aromatic heterocycles. The maximum Gasteiger partial charge on any atom is 0.257 e. The number of halogens is 2. The number of aromatic nitrogens is 2. The zero-order chi connectivity index (χ0) is 21.6. The molecule has 6 heteroatoms. The molecule has 0 unspecified atom stereocenters. The van der Waals surface area contributed by atoms with Gasteiger partial charge in [-0.05, 0) is 34.9 Å². The van der Waals surface area contributed by atoms with Crippen LogP contribution in [-0.2, 0) is 11.3 Å². The van der Waals surface area contributed by atoms with Crippen LogP contribution in [0.4, 0.5) is 10.2 Å². The monoisotopic (exact) mass is 431 g/mol. The molecule has 4 nitrogen and oxygen atoms in total. The summed E-state index contributed by atoms with van der Waals surface area (Å²) in [6, 6.07) is 25.1. The molecule has 0 aliphatic heterocycles. The number of nitrogens with zero attached hydrogens (tertiary/aromatic N) is 2. The van der Waals surface area contributed by atoms with Gasteiger partial charge < -0.3 is 5.32 Å². The van der Waals surface area contributed by atoms with E-state index in [2.05, 4.69) is 10.4 Å². The number of hydrogen-bond acceptors (Lipinski definition) is 2. The molecule has 154 valence electrons. The molecule has 0 saturated carbocycles. The summed E-state index contributed by atoms with van der Waals surface area (Å²) in [5.74, 6) is -0.237. The van der Waals surface area contributed by atoms with Crippen molar-refractivity contribution in [3.05, 3.63) is 119 Å². The van der Waals surface area contributed by atoms with Crippen molar-refractivity contribution < 1.29 is 9.18 Å². The standard InChI is InChI=1S/C25H19ClFN3O/c26-23-16-21(27)12-11-20(23)17-30-14-13-24(29-30)28-25(31)22(19-9-5-2-6-10-19)15-18-7-3-1-4-8-18/h1-16H,17H2,(H,28,29,31)/b22-15-. The number of anilines is 1. The summed E-state index contributed by atoms with van der Waals surface area (Å²) in [6.07, 6.45) is 3.58. The Bertz CT molecular complexity index is 1220. The van der Waals surface area contributed by atoms with Crippen LogP contribution in [0.25, 0.3) is 11.6 Å². The molecule has 0 aliphatic carbocycles. The lowest BCUT2D eigenvalue weighted by Crippen LogP contribution is -2.14. The molecule has 4 rings (SSSR count). The van der Waals surface area contributed by atoms with Crippen molar-refractivity contribution >= 4 is 35.0 Å². The predicted molar refractivity (Wildman–Crippen MR) is 122 cm³/mol. The van der Waals surface area contributed by atoms with Crippen molar-refractivity contribution in [2.24, 2.45) is 0 Å². The van der Waals surface area contributed by atoms with Crippen LogP contribution in [0.1, 0.15) is 16.7 Å². The smallest absolute Gasteiger partial charge is 0.257 e. The molecule has 31 heavy (non-hydrogen) atoms. The van der Waals surface area contributed by atoms with Crippen molar-refractivity contribution in [2.75, 3.05) is 5.32 Å². The van der Waals surface area contributed by atoms with E-state index < -0.39 is 0 Å². The average Bonchev–Trinajstić information content (AvgIpc) is 3.22. The van der Waals surface area contributed by atoms with E-state index in [0.29, 0.717) is 23.0 Å². The van der Waals surface area contributed by atoms with E-state index in [0.717, 1.165) is 16.7 Å². The summed E-state index contributed by atoms with van der Waals surface area (Å²) in [5, 5.41) is 7.59. The van der Waals surface area contributed by atoms with E-state index in [1.54, 1.807) is 23.0 Å². The Balaban J connectivity index is 1.55. The number of carbonyl (C=O) groups is 1. The Hall–Kier alpha value is -3.70. The second-order valence-corrected chi connectivity index (χ2v) is 7.33. The van der Waals surface area contributed by atoms with Crippen LogP contribution in [0.15, 0.2) is 91.1 Å². The predicted octanol–water partition coefficient (Wildman–Crippen LogP) is 5.90. The van der Waals surface area contributed by atoms with Crippen LogP contribution in [0.2, 0.25) is 5.02 Å². The summed E-state index contributed by atoms with van der Waals surface area (Å²) < 4.78 is 14.9. The van der Waals surface area contributed by atoms with Gasteiger partial charge in [-0.3, -0.25) is 9.48 Å². The lowest BCUT2D eigenvalue weighted by molar-refractivity contribution is -0.111. The molecule has 0 spiro atoms. The highest BCUT2D eigenvalue weighted by atomic mass is 35.5. The van der Waals surface area contributed by atoms with Crippen LogP contribution < -0.4 is 5.32 Å². The van der Waals surface area contributed by atoms with Gasteiger partial charge in [0.2, 0.25) is 0 Å². The third-order valence-electron chi connectivity index (χ3n) is 4.67. The number of amides is 1. The Morgan fingerprint density at radius 1 is 1.00 bits per heavy atom. The van der Waals surface area contributed by atoms with Gasteiger partial charge in [0.25, 0.3) is 5.91 Å². The van der Waals surface area contributed by atoms with Crippen LogP contribution in [0, 0.1) is 5.82 Å². The molecule has 0 atom stereocenters. The molecule has 0 bridgehead atoms. The van der Waals surface area contributed by atoms with E-state index in [-0.39, 0.29) is 11.7 Å². The van der Waals surface area contributed by atoms with Crippen LogP contribution in [0.3, 0.4) is 0 Å². The highest BCUT2D eigenvalue weighted by Gasteiger charge is 2.14. The number of carbonyl (C=O) groups excluding carboxylic acids is 1. The fraction of sp³-hybridized carbons (Fsp3) is 0.0400. The highest BCUT2D eigenvalue weighted by Crippen LogP contribution is 2.21. The van der Waals surface area contributed by atoms with Crippen molar-refractivity contribution in [3.8, 4) is 0 Å². The van der Waals surface area contributed by atoms with Crippen molar-refractivity contribution in [2.45, 2.75) is 6.54 Å². The highest BCUT2D eigenvalue weighted by molar-refractivity contribution is 6.31. The zero-order valence-corrected chi connectivity index (χ0v) is 17.3. The second-order valence-electron chi connectivity index (χ2n) is 6.92. The Morgan fingerprint density at radius 3 is 2.42 bits per heavy atom. The molecule has 0 saturated heterocycles. The Morgan fingerprint density at radius 2 is 1.71 bits per heavy atom. The van der Waals surface area contributed by atoms with E-state index in [1.165, 1.54) is 12.1 Å². The third-order valence-corrected chi connectivity index (χ3v) is 5.02. The summed E-state index contributed by atoms with van der Waals surface area (Å²) >= 11 is 6.10. The second kappa shape index (κ2) is 9.41. The lowest BCUT2D eigenvalue weighted by atomic mass is 10.0. The van der Waals surface area contributed by atoms with Gasteiger partial charge in [-0.1, -0.05) is 78.3 Å². The van der Waals surface area contributed by atoms with E-state index in [4.69, 9.17) is 11.6 Å². The van der Waals surface area contributed by atoms with Gasteiger partial charge in [0, 0.05) is 22.9 Å². The van der Waals surface area contributed by atoms with Gasteiger partial charge >= 0.3 is 0 Å². The molecule has 0 radical (unpaired) electrons. The summed E-state index contributed by atoms with van der Waals surface area (Å²) in [5.41, 5.74) is 3.00. The average molecular weight is 432 g/mol. The first kappa shape index (κ1) is 20.6. The molecule has 3 aromatic carbocycles. The molecular weight excluding hydrogens is 413 g/mol. The topological polar surface area (TPSA) is 46.9 Å². The van der Waals surface area contributed by atoms with Gasteiger partial charge in [0.1, 0.15) is 5.82 Å². The van der Waals surface area contributed by atoms with Crippen molar-refractivity contribution in [1.29, 1.82) is 0 Å². The molecule has 1 N–H and O–H groups in total. The number of benzene rings is 3. The van der Waals surface area contributed by atoms with Gasteiger partial charge in [-0.2, -0.15) is 5.10 Å². The summed E-state index contributed by atoms with van der Waals surface area (Å²) in [4.78, 5) is 13.1. The fourth-order valence-electron chi connectivity index (χ4n) is 3.14. The Kier molecular flexibility index (Phi) is 6.24. The van der Waals surface area contributed by atoms with Crippen LogP contribution in [0.5, 0.6) is 0 Å². The fourth-order valence-corrected chi connectivity index (χ4v) is 3.37. The van der Waals surface area contributed by atoms with Crippen LogP contribution >= 0.6 is 11.6 Å². The summed E-state index contributed by atoms with van der Waals surface area (Å²) in [6.45, 7) is 0.361. The SMILES string of the molecule is O=C(Nc1ccn(Cc2ccc(F)cc2Cl)n1)/C(=C\c1ccccc1)c1ccccc1. The first-order valence-electron chi connectivity index (χ1n) is 9.69. The van der Waals surface area contributed by atoms with Gasteiger partial charge in [0.15, 0.2) is 5.82 Å². The molecule has 4 aromatic rings. The normalized spacial score (nSPS) is 11.4. The van der Waals surface area contributed by atoms with Crippen molar-refractivity contribution in [1.82, 2.24) is 9.78 Å². The molecule has 1 amide bonds. The van der Waals surface area contributed by atoms with E-state index >= 15 is 0 Å². The first-order chi connectivity index (χ1) is 15.1. The molecular formula is C25H19ClFN3O. The quantitative estimate of drug-likeness (QED) is 0.305. The molecule has 0 aliphatic rings. The number of nitrogens with one attached hydrogen (secondary N) is 1. The maximum absolute atomic E-state index is 13.2. The minimum atomic E-state index is -0.388. The minimum Gasteiger partial charge on any atom is -0.305 e.